The second-order valence-corrected chi connectivity index (χ2v) is 8.39. The van der Waals surface area contributed by atoms with Gasteiger partial charge in [0.2, 0.25) is 10.0 Å². The highest BCUT2D eigenvalue weighted by Crippen LogP contribution is 2.29. The molecular weight excluding hydrogens is 294 g/mol. The predicted molar refractivity (Wildman–Crippen MR) is 81.7 cm³/mol. The third-order valence-electron chi connectivity index (χ3n) is 3.69. The van der Waals surface area contributed by atoms with Crippen LogP contribution < -0.4 is 0 Å². The Balaban J connectivity index is 2.32. The van der Waals surface area contributed by atoms with Crippen molar-refractivity contribution in [1.29, 1.82) is 0 Å². The highest BCUT2D eigenvalue weighted by Gasteiger charge is 2.34. The quantitative estimate of drug-likeness (QED) is 0.804. The molecule has 0 N–H and O–H groups in total. The van der Waals surface area contributed by atoms with E-state index in [4.69, 9.17) is 0 Å². The number of rotatable bonds is 3. The van der Waals surface area contributed by atoms with Gasteiger partial charge in [0.1, 0.15) is 0 Å². The van der Waals surface area contributed by atoms with Crippen LogP contribution in [-0.4, -0.2) is 42.1 Å². The fourth-order valence-electron chi connectivity index (χ4n) is 2.24. The Morgan fingerprint density at radius 3 is 2.40 bits per heavy atom. The van der Waals surface area contributed by atoms with E-state index in [-0.39, 0.29) is 22.0 Å². The molecule has 0 spiro atoms. The van der Waals surface area contributed by atoms with Crippen molar-refractivity contribution < 1.29 is 13.2 Å². The molecule has 0 bridgehead atoms. The van der Waals surface area contributed by atoms with E-state index in [0.29, 0.717) is 12.1 Å². The van der Waals surface area contributed by atoms with E-state index >= 15 is 0 Å². The summed E-state index contributed by atoms with van der Waals surface area (Å²) in [6, 6.07) is 6.16. The Hall–Kier alpha value is -0.850. The van der Waals surface area contributed by atoms with Crippen LogP contribution in [0, 0.1) is 0 Å². The molecule has 0 aromatic heterocycles. The van der Waals surface area contributed by atoms with E-state index in [1.54, 1.807) is 28.2 Å². The van der Waals surface area contributed by atoms with E-state index in [0.717, 1.165) is 5.75 Å². The molecule has 1 aromatic carbocycles. The summed E-state index contributed by atoms with van der Waals surface area (Å²) in [6.45, 7) is 6.00. The molecule has 2 atom stereocenters. The fourth-order valence-corrected chi connectivity index (χ4v) is 5.24. The predicted octanol–water partition coefficient (Wildman–Crippen LogP) is 2.40. The van der Waals surface area contributed by atoms with Crippen LogP contribution in [0.4, 0.5) is 0 Å². The van der Waals surface area contributed by atoms with Crippen molar-refractivity contribution in [3.05, 3.63) is 29.8 Å². The minimum Gasteiger partial charge on any atom is -0.295 e. The molecule has 1 fully saturated rings. The molecule has 1 saturated heterocycles. The van der Waals surface area contributed by atoms with Gasteiger partial charge in [-0.05, 0) is 26.0 Å². The lowest BCUT2D eigenvalue weighted by atomic mass is 10.2. The Labute approximate surface area is 124 Å². The number of thioether (sulfide) groups is 1. The van der Waals surface area contributed by atoms with Gasteiger partial charge in [-0.1, -0.05) is 19.1 Å². The normalized spacial score (nSPS) is 24.6. The van der Waals surface area contributed by atoms with E-state index in [9.17, 15) is 13.2 Å². The van der Waals surface area contributed by atoms with E-state index < -0.39 is 10.0 Å². The molecule has 1 aliphatic heterocycles. The fraction of sp³-hybridized carbons (Fsp3) is 0.500. The van der Waals surface area contributed by atoms with Gasteiger partial charge in [0.15, 0.2) is 5.78 Å². The summed E-state index contributed by atoms with van der Waals surface area (Å²) >= 11 is 1.80. The van der Waals surface area contributed by atoms with Crippen molar-refractivity contribution in [3.8, 4) is 0 Å². The van der Waals surface area contributed by atoms with E-state index in [1.807, 2.05) is 6.92 Å². The molecule has 20 heavy (non-hydrogen) atoms. The van der Waals surface area contributed by atoms with Gasteiger partial charge in [0, 0.05) is 29.2 Å². The van der Waals surface area contributed by atoms with Gasteiger partial charge in [0.25, 0.3) is 0 Å². The van der Waals surface area contributed by atoms with Crippen molar-refractivity contribution in [1.82, 2.24) is 4.31 Å². The molecule has 4 nitrogen and oxygen atoms in total. The second kappa shape index (κ2) is 5.87. The summed E-state index contributed by atoms with van der Waals surface area (Å²) in [5, 5.41) is 0.287. The summed E-state index contributed by atoms with van der Waals surface area (Å²) in [5.41, 5.74) is 0.527. The van der Waals surface area contributed by atoms with Crippen molar-refractivity contribution >= 4 is 27.6 Å². The molecule has 1 heterocycles. The summed E-state index contributed by atoms with van der Waals surface area (Å²) in [6.07, 6.45) is 0. The monoisotopic (exact) mass is 313 g/mol. The van der Waals surface area contributed by atoms with E-state index in [2.05, 4.69) is 6.92 Å². The standard InChI is InChI=1S/C14H19NO3S2/c1-10-12(3)19-9-8-15(10)20(17,18)14-6-4-13(5-7-14)11(2)16/h4-7,10,12H,8-9H2,1-3H3. The minimum absolute atomic E-state index is 0.0220. The maximum Gasteiger partial charge on any atom is 0.243 e. The van der Waals surface area contributed by atoms with Gasteiger partial charge in [-0.3, -0.25) is 4.79 Å². The summed E-state index contributed by atoms with van der Waals surface area (Å²) in [4.78, 5) is 11.5. The van der Waals surface area contributed by atoms with Crippen molar-refractivity contribution in [3.63, 3.8) is 0 Å². The maximum atomic E-state index is 12.7. The van der Waals surface area contributed by atoms with Gasteiger partial charge in [-0.25, -0.2) is 8.42 Å². The third-order valence-corrected chi connectivity index (χ3v) is 7.03. The molecule has 6 heteroatoms. The zero-order chi connectivity index (χ0) is 14.9. The number of hydrogen-bond acceptors (Lipinski definition) is 4. The SMILES string of the molecule is CC(=O)c1ccc(S(=O)(=O)N2CCSC(C)C2C)cc1. The van der Waals surface area contributed by atoms with Crippen molar-refractivity contribution in [2.45, 2.75) is 37.0 Å². The van der Waals surface area contributed by atoms with Gasteiger partial charge < -0.3 is 0 Å². The van der Waals surface area contributed by atoms with Gasteiger partial charge in [-0.15, -0.1) is 0 Å². The first kappa shape index (κ1) is 15.5. The molecule has 0 aliphatic carbocycles. The van der Waals surface area contributed by atoms with Crippen LogP contribution in [0.2, 0.25) is 0 Å². The number of benzene rings is 1. The number of carbonyl (C=O) groups excluding carboxylic acids is 1. The van der Waals surface area contributed by atoms with Crippen LogP contribution >= 0.6 is 11.8 Å². The highest BCUT2D eigenvalue weighted by atomic mass is 32.2. The lowest BCUT2D eigenvalue weighted by Crippen LogP contribution is -2.47. The molecule has 1 aliphatic rings. The summed E-state index contributed by atoms with van der Waals surface area (Å²) in [7, 11) is -3.48. The number of hydrogen-bond donors (Lipinski definition) is 0. The summed E-state index contributed by atoms with van der Waals surface area (Å²) < 4.78 is 26.9. The first-order valence-corrected chi connectivity index (χ1v) is 9.07. The van der Waals surface area contributed by atoms with Crippen molar-refractivity contribution in [2.24, 2.45) is 0 Å². The number of Topliss-reactive ketones (excluding diaryl/α,β-unsaturated/α-hetero) is 1. The zero-order valence-electron chi connectivity index (χ0n) is 11.9. The average Bonchev–Trinajstić information content (AvgIpc) is 2.41. The summed E-state index contributed by atoms with van der Waals surface area (Å²) in [5.74, 6) is 0.751. The molecule has 1 aromatic rings. The van der Waals surface area contributed by atoms with Crippen LogP contribution in [0.15, 0.2) is 29.2 Å². The van der Waals surface area contributed by atoms with Crippen molar-refractivity contribution in [2.75, 3.05) is 12.3 Å². The first-order chi connectivity index (χ1) is 9.34. The lowest BCUT2D eigenvalue weighted by molar-refractivity contribution is 0.101. The topological polar surface area (TPSA) is 54.5 Å². The first-order valence-electron chi connectivity index (χ1n) is 6.58. The number of sulfonamides is 1. The van der Waals surface area contributed by atoms with Gasteiger partial charge in [-0.2, -0.15) is 16.1 Å². The molecular formula is C14H19NO3S2. The number of nitrogens with zero attached hydrogens (tertiary/aromatic N) is 1. The maximum absolute atomic E-state index is 12.7. The van der Waals surface area contributed by atoms with Crippen LogP contribution in [0.5, 0.6) is 0 Å². The molecule has 110 valence electrons. The minimum atomic E-state index is -3.48. The Bertz CT molecular complexity index is 595. The molecule has 2 rings (SSSR count). The largest absolute Gasteiger partial charge is 0.295 e. The highest BCUT2D eigenvalue weighted by molar-refractivity contribution is 8.00. The van der Waals surface area contributed by atoms with E-state index in [1.165, 1.54) is 19.1 Å². The number of ketones is 1. The lowest BCUT2D eigenvalue weighted by Gasteiger charge is -2.36. The second-order valence-electron chi connectivity index (χ2n) is 5.01. The van der Waals surface area contributed by atoms with Crippen LogP contribution in [0.25, 0.3) is 0 Å². The molecule has 0 amide bonds. The Kier molecular flexibility index (Phi) is 4.56. The van der Waals surface area contributed by atoms with Gasteiger partial charge >= 0.3 is 0 Å². The molecule has 0 radical (unpaired) electrons. The zero-order valence-corrected chi connectivity index (χ0v) is 13.5. The molecule has 2 unspecified atom stereocenters. The third kappa shape index (κ3) is 2.92. The van der Waals surface area contributed by atoms with Crippen LogP contribution in [0.3, 0.4) is 0 Å². The molecule has 0 saturated carbocycles. The Morgan fingerprint density at radius 1 is 1.25 bits per heavy atom. The number of carbonyl (C=O) groups is 1. The van der Waals surface area contributed by atoms with Crippen LogP contribution in [0.1, 0.15) is 31.1 Å². The van der Waals surface area contributed by atoms with Crippen LogP contribution in [-0.2, 0) is 10.0 Å². The van der Waals surface area contributed by atoms with Gasteiger partial charge in [0.05, 0.1) is 4.90 Å². The smallest absolute Gasteiger partial charge is 0.243 e. The average molecular weight is 313 g/mol. The Morgan fingerprint density at radius 2 is 1.85 bits per heavy atom.